The van der Waals surface area contributed by atoms with Crippen LogP contribution in [0.25, 0.3) is 0 Å². The van der Waals surface area contributed by atoms with E-state index in [1.54, 1.807) is 0 Å². The van der Waals surface area contributed by atoms with Gasteiger partial charge in [0.15, 0.2) is 0 Å². The highest BCUT2D eigenvalue weighted by atomic mass is 14.3. The fourth-order valence-corrected chi connectivity index (χ4v) is 3.44. The van der Waals surface area contributed by atoms with Gasteiger partial charge in [-0.2, -0.15) is 0 Å². The van der Waals surface area contributed by atoms with Crippen molar-refractivity contribution in [3.63, 3.8) is 0 Å². The van der Waals surface area contributed by atoms with Crippen molar-refractivity contribution in [1.82, 2.24) is 0 Å². The van der Waals surface area contributed by atoms with Gasteiger partial charge in [-0.15, -0.1) is 0 Å². The highest BCUT2D eigenvalue weighted by molar-refractivity contribution is 4.72. The molecule has 0 aliphatic heterocycles. The van der Waals surface area contributed by atoms with Crippen LogP contribution in [-0.2, 0) is 0 Å². The highest BCUT2D eigenvalue weighted by Gasteiger charge is 2.20. The SMILES string of the molecule is CCCCCCCCCCCCC(C)(C)CCCC(C)(C)CC. The van der Waals surface area contributed by atoms with E-state index < -0.39 is 0 Å². The first kappa shape index (κ1) is 23.0. The Morgan fingerprint density at radius 3 is 1.30 bits per heavy atom. The summed E-state index contributed by atoms with van der Waals surface area (Å²) >= 11 is 0. The highest BCUT2D eigenvalue weighted by Crippen LogP contribution is 2.34. The lowest BCUT2D eigenvalue weighted by Crippen LogP contribution is -2.14. The molecule has 0 heteroatoms. The van der Waals surface area contributed by atoms with Crippen LogP contribution >= 0.6 is 0 Å². The van der Waals surface area contributed by atoms with E-state index in [0.717, 1.165) is 0 Å². The molecule has 0 fully saturated rings. The van der Waals surface area contributed by atoms with Crippen LogP contribution in [0.2, 0.25) is 0 Å². The first-order valence-electron chi connectivity index (χ1n) is 10.8. The molecular weight excluding hydrogens is 276 g/mol. The van der Waals surface area contributed by atoms with Crippen molar-refractivity contribution in [2.75, 3.05) is 0 Å². The summed E-state index contributed by atoms with van der Waals surface area (Å²) in [4.78, 5) is 0. The molecule has 0 spiro atoms. The molecule has 0 bridgehead atoms. The quantitative estimate of drug-likeness (QED) is 0.248. The van der Waals surface area contributed by atoms with Crippen LogP contribution in [0.5, 0.6) is 0 Å². The van der Waals surface area contributed by atoms with Crippen molar-refractivity contribution < 1.29 is 0 Å². The van der Waals surface area contributed by atoms with Crippen LogP contribution in [0.4, 0.5) is 0 Å². The predicted molar refractivity (Wildman–Crippen MR) is 108 cm³/mol. The minimum Gasteiger partial charge on any atom is -0.0654 e. The van der Waals surface area contributed by atoms with E-state index in [4.69, 9.17) is 0 Å². The Balaban J connectivity index is 3.48. The van der Waals surface area contributed by atoms with Crippen molar-refractivity contribution in [3.8, 4) is 0 Å². The first-order valence-corrected chi connectivity index (χ1v) is 10.8. The molecule has 0 rings (SSSR count). The molecule has 0 aromatic heterocycles. The number of rotatable bonds is 16. The lowest BCUT2D eigenvalue weighted by Gasteiger charge is -2.28. The molecule has 0 aliphatic carbocycles. The summed E-state index contributed by atoms with van der Waals surface area (Å²) in [5.74, 6) is 0. The molecule has 0 amide bonds. The maximum absolute atomic E-state index is 2.49. The second kappa shape index (κ2) is 13.3. The predicted octanol–water partition coefficient (Wildman–Crippen LogP) is 8.93. The van der Waals surface area contributed by atoms with Crippen molar-refractivity contribution in [1.29, 1.82) is 0 Å². The van der Waals surface area contributed by atoms with E-state index >= 15 is 0 Å². The lowest BCUT2D eigenvalue weighted by molar-refractivity contribution is 0.244. The second-order valence-corrected chi connectivity index (χ2v) is 9.47. The average molecular weight is 325 g/mol. The van der Waals surface area contributed by atoms with Crippen molar-refractivity contribution >= 4 is 0 Å². The van der Waals surface area contributed by atoms with Gasteiger partial charge in [0.05, 0.1) is 0 Å². The molecule has 0 aromatic rings. The Morgan fingerprint density at radius 2 is 0.826 bits per heavy atom. The van der Waals surface area contributed by atoms with Gasteiger partial charge in [0, 0.05) is 0 Å². The fraction of sp³-hybridized carbons (Fsp3) is 1.00. The van der Waals surface area contributed by atoms with Gasteiger partial charge < -0.3 is 0 Å². The summed E-state index contributed by atoms with van der Waals surface area (Å²) in [6.45, 7) is 14.4. The summed E-state index contributed by atoms with van der Waals surface area (Å²) in [6, 6.07) is 0. The van der Waals surface area contributed by atoms with E-state index in [9.17, 15) is 0 Å². The Bertz CT molecular complexity index is 249. The van der Waals surface area contributed by atoms with Crippen LogP contribution in [0.15, 0.2) is 0 Å². The van der Waals surface area contributed by atoms with Gasteiger partial charge in [-0.3, -0.25) is 0 Å². The molecule has 0 aromatic carbocycles. The summed E-state index contributed by atoms with van der Waals surface area (Å²) in [5.41, 5.74) is 1.11. The molecule has 0 unspecified atom stereocenters. The van der Waals surface area contributed by atoms with E-state index in [2.05, 4.69) is 41.5 Å². The summed E-state index contributed by atoms with van der Waals surface area (Å²) in [6.07, 6.45) is 21.5. The van der Waals surface area contributed by atoms with Gasteiger partial charge in [-0.1, -0.05) is 119 Å². The minimum absolute atomic E-state index is 0.549. The minimum atomic E-state index is 0.549. The molecule has 140 valence electrons. The maximum atomic E-state index is 2.49. The summed E-state index contributed by atoms with van der Waals surface area (Å²) < 4.78 is 0. The maximum Gasteiger partial charge on any atom is -0.0354 e. The fourth-order valence-electron chi connectivity index (χ4n) is 3.44. The molecule has 0 saturated heterocycles. The van der Waals surface area contributed by atoms with Crippen molar-refractivity contribution in [2.45, 2.75) is 138 Å². The third-order valence-electron chi connectivity index (χ3n) is 5.87. The molecular formula is C23H48. The molecule has 0 nitrogen and oxygen atoms in total. The molecule has 0 aliphatic rings. The first-order chi connectivity index (χ1) is 10.8. The zero-order valence-corrected chi connectivity index (χ0v) is 17.6. The number of hydrogen-bond acceptors (Lipinski definition) is 0. The molecule has 0 radical (unpaired) electrons. The zero-order chi connectivity index (χ0) is 17.6. The number of unbranched alkanes of at least 4 members (excludes halogenated alkanes) is 9. The van der Waals surface area contributed by atoms with E-state index in [1.807, 2.05) is 0 Å². The standard InChI is InChI=1S/C23H48/c1-7-9-10-11-12-13-14-15-16-17-19-23(5,6)21-18-20-22(3,4)8-2/h7-21H2,1-6H3. The number of hydrogen-bond donors (Lipinski definition) is 0. The van der Waals surface area contributed by atoms with Crippen LogP contribution < -0.4 is 0 Å². The Kier molecular flexibility index (Phi) is 13.3. The molecule has 0 atom stereocenters. The van der Waals surface area contributed by atoms with Gasteiger partial charge in [-0.05, 0) is 30.1 Å². The van der Waals surface area contributed by atoms with Crippen LogP contribution in [0, 0.1) is 10.8 Å². The van der Waals surface area contributed by atoms with Crippen LogP contribution in [0.3, 0.4) is 0 Å². The lowest BCUT2D eigenvalue weighted by atomic mass is 9.78. The van der Waals surface area contributed by atoms with Gasteiger partial charge in [0.2, 0.25) is 0 Å². The van der Waals surface area contributed by atoms with E-state index in [-0.39, 0.29) is 0 Å². The van der Waals surface area contributed by atoms with Crippen molar-refractivity contribution in [2.24, 2.45) is 10.8 Å². The smallest absolute Gasteiger partial charge is 0.0354 e. The second-order valence-electron chi connectivity index (χ2n) is 9.47. The van der Waals surface area contributed by atoms with Gasteiger partial charge in [-0.25, -0.2) is 0 Å². The van der Waals surface area contributed by atoms with E-state index in [1.165, 1.54) is 96.3 Å². The van der Waals surface area contributed by atoms with Crippen LogP contribution in [-0.4, -0.2) is 0 Å². The molecule has 0 heterocycles. The molecule has 23 heavy (non-hydrogen) atoms. The zero-order valence-electron chi connectivity index (χ0n) is 17.6. The van der Waals surface area contributed by atoms with Crippen molar-refractivity contribution in [3.05, 3.63) is 0 Å². The monoisotopic (exact) mass is 324 g/mol. The normalized spacial score (nSPS) is 12.8. The Hall–Kier alpha value is 0. The van der Waals surface area contributed by atoms with E-state index in [0.29, 0.717) is 10.8 Å². The largest absolute Gasteiger partial charge is 0.0654 e. The third-order valence-corrected chi connectivity index (χ3v) is 5.87. The van der Waals surface area contributed by atoms with Gasteiger partial charge >= 0.3 is 0 Å². The topological polar surface area (TPSA) is 0 Å². The van der Waals surface area contributed by atoms with Crippen LogP contribution in [0.1, 0.15) is 138 Å². The van der Waals surface area contributed by atoms with Gasteiger partial charge in [0.1, 0.15) is 0 Å². The summed E-state index contributed by atoms with van der Waals surface area (Å²) in [7, 11) is 0. The third kappa shape index (κ3) is 15.3. The molecule has 0 N–H and O–H groups in total. The Morgan fingerprint density at radius 1 is 0.435 bits per heavy atom. The van der Waals surface area contributed by atoms with Gasteiger partial charge in [0.25, 0.3) is 0 Å². The average Bonchev–Trinajstić information content (AvgIpc) is 2.48. The Labute approximate surface area is 149 Å². The summed E-state index contributed by atoms with van der Waals surface area (Å²) in [5, 5.41) is 0. The molecule has 0 saturated carbocycles.